The molecular formula is C25H26N4O2. The molecule has 1 aromatic carbocycles. The third kappa shape index (κ3) is 4.79. The van der Waals surface area contributed by atoms with Crippen LogP contribution in [0.15, 0.2) is 73.3 Å². The number of benzene rings is 1. The van der Waals surface area contributed by atoms with Crippen LogP contribution in [0.3, 0.4) is 0 Å². The Morgan fingerprint density at radius 2 is 1.81 bits per heavy atom. The Bertz CT molecular complexity index is 1040. The predicted octanol–water partition coefficient (Wildman–Crippen LogP) is 3.31. The van der Waals surface area contributed by atoms with Crippen molar-refractivity contribution in [2.75, 3.05) is 26.2 Å². The molecule has 0 N–H and O–H groups in total. The van der Waals surface area contributed by atoms with Gasteiger partial charge in [-0.25, -0.2) is 0 Å². The standard InChI is InChI=1S/C25H26N4O2/c1-2-28-13-14-29(24(30)20-8-11-26-12-9-20)18-23(25(28)31)16-19-5-3-6-21(15-19)22-7-4-10-27-17-22/h3-12,15,17,23H,2,13-14,16,18H2,1H3/t23-/m1/s1. The minimum Gasteiger partial charge on any atom is -0.341 e. The summed E-state index contributed by atoms with van der Waals surface area (Å²) in [6.07, 6.45) is 7.42. The van der Waals surface area contributed by atoms with Crippen molar-refractivity contribution in [2.45, 2.75) is 13.3 Å². The first-order valence-electron chi connectivity index (χ1n) is 10.6. The van der Waals surface area contributed by atoms with Gasteiger partial charge in [-0.3, -0.25) is 19.6 Å². The Morgan fingerprint density at radius 3 is 2.55 bits per heavy atom. The van der Waals surface area contributed by atoms with E-state index in [4.69, 9.17) is 0 Å². The van der Waals surface area contributed by atoms with Crippen molar-refractivity contribution in [1.29, 1.82) is 0 Å². The number of carbonyl (C=O) groups is 2. The summed E-state index contributed by atoms with van der Waals surface area (Å²) in [5.74, 6) is -0.223. The summed E-state index contributed by atoms with van der Waals surface area (Å²) in [5.41, 5.74) is 3.80. The van der Waals surface area contributed by atoms with E-state index < -0.39 is 0 Å². The summed E-state index contributed by atoms with van der Waals surface area (Å²) in [6, 6.07) is 15.6. The molecule has 158 valence electrons. The lowest BCUT2D eigenvalue weighted by molar-refractivity contribution is -0.134. The van der Waals surface area contributed by atoms with Crippen LogP contribution in [0.25, 0.3) is 11.1 Å². The maximum absolute atomic E-state index is 13.2. The molecule has 1 atom stereocenters. The Labute approximate surface area is 182 Å². The van der Waals surface area contributed by atoms with Crippen LogP contribution in [0.4, 0.5) is 0 Å². The van der Waals surface area contributed by atoms with E-state index in [2.05, 4.69) is 16.0 Å². The number of likely N-dealkylation sites (N-methyl/N-ethyl adjacent to an activating group) is 1. The number of nitrogens with zero attached hydrogens (tertiary/aromatic N) is 4. The average molecular weight is 415 g/mol. The lowest BCUT2D eigenvalue weighted by atomic mass is 9.95. The predicted molar refractivity (Wildman–Crippen MR) is 119 cm³/mol. The van der Waals surface area contributed by atoms with Gasteiger partial charge in [0, 0.05) is 56.5 Å². The third-order valence-electron chi connectivity index (χ3n) is 5.74. The van der Waals surface area contributed by atoms with E-state index >= 15 is 0 Å². The summed E-state index contributed by atoms with van der Waals surface area (Å²) >= 11 is 0. The summed E-state index contributed by atoms with van der Waals surface area (Å²) in [7, 11) is 0. The molecule has 6 nitrogen and oxygen atoms in total. The van der Waals surface area contributed by atoms with Crippen LogP contribution in [-0.2, 0) is 11.2 Å². The van der Waals surface area contributed by atoms with E-state index in [1.807, 2.05) is 48.4 Å². The van der Waals surface area contributed by atoms with Crippen molar-refractivity contribution in [1.82, 2.24) is 19.8 Å². The maximum Gasteiger partial charge on any atom is 0.254 e. The molecule has 1 aliphatic heterocycles. The highest BCUT2D eigenvalue weighted by atomic mass is 16.2. The smallest absolute Gasteiger partial charge is 0.254 e. The topological polar surface area (TPSA) is 66.4 Å². The van der Waals surface area contributed by atoms with Gasteiger partial charge in [0.1, 0.15) is 0 Å². The Morgan fingerprint density at radius 1 is 1.00 bits per heavy atom. The van der Waals surface area contributed by atoms with Gasteiger partial charge in [0.25, 0.3) is 5.91 Å². The van der Waals surface area contributed by atoms with Crippen molar-refractivity contribution in [3.05, 3.63) is 84.4 Å². The molecule has 0 unspecified atom stereocenters. The van der Waals surface area contributed by atoms with Crippen molar-refractivity contribution in [3.8, 4) is 11.1 Å². The van der Waals surface area contributed by atoms with Gasteiger partial charge < -0.3 is 9.80 Å². The van der Waals surface area contributed by atoms with Crippen LogP contribution in [0, 0.1) is 5.92 Å². The van der Waals surface area contributed by atoms with Crippen molar-refractivity contribution in [2.24, 2.45) is 5.92 Å². The van der Waals surface area contributed by atoms with Crippen molar-refractivity contribution in [3.63, 3.8) is 0 Å². The third-order valence-corrected chi connectivity index (χ3v) is 5.74. The molecule has 3 heterocycles. The number of aromatic nitrogens is 2. The number of carbonyl (C=O) groups excluding carboxylic acids is 2. The zero-order chi connectivity index (χ0) is 21.6. The molecule has 6 heteroatoms. The first-order valence-corrected chi connectivity index (χ1v) is 10.6. The zero-order valence-electron chi connectivity index (χ0n) is 17.6. The van der Waals surface area contributed by atoms with Crippen LogP contribution < -0.4 is 0 Å². The molecule has 0 saturated carbocycles. The van der Waals surface area contributed by atoms with Gasteiger partial charge in [-0.05, 0) is 48.2 Å². The van der Waals surface area contributed by atoms with E-state index in [9.17, 15) is 9.59 Å². The fraction of sp³-hybridized carbons (Fsp3) is 0.280. The summed E-state index contributed by atoms with van der Waals surface area (Å²) < 4.78 is 0. The van der Waals surface area contributed by atoms with E-state index in [-0.39, 0.29) is 17.7 Å². The second-order valence-corrected chi connectivity index (χ2v) is 7.75. The Balaban J connectivity index is 1.57. The summed E-state index contributed by atoms with van der Waals surface area (Å²) in [5, 5.41) is 0. The highest BCUT2D eigenvalue weighted by molar-refractivity contribution is 5.94. The second-order valence-electron chi connectivity index (χ2n) is 7.75. The largest absolute Gasteiger partial charge is 0.341 e. The van der Waals surface area contributed by atoms with Crippen LogP contribution in [0.5, 0.6) is 0 Å². The van der Waals surface area contributed by atoms with Crippen LogP contribution >= 0.6 is 0 Å². The van der Waals surface area contributed by atoms with Gasteiger partial charge in [0.2, 0.25) is 5.91 Å². The molecule has 2 aromatic heterocycles. The molecule has 1 fully saturated rings. The number of pyridine rings is 2. The van der Waals surface area contributed by atoms with Gasteiger partial charge in [-0.1, -0.05) is 30.3 Å². The minimum atomic E-state index is -0.280. The Kier molecular flexibility index (Phi) is 6.36. The molecule has 3 aromatic rings. The molecule has 0 spiro atoms. The van der Waals surface area contributed by atoms with Crippen molar-refractivity contribution >= 4 is 11.8 Å². The van der Waals surface area contributed by atoms with Crippen LogP contribution in [0.1, 0.15) is 22.8 Å². The molecule has 31 heavy (non-hydrogen) atoms. The molecule has 2 amide bonds. The molecule has 4 rings (SSSR count). The average Bonchev–Trinajstić information content (AvgIpc) is 2.98. The van der Waals surface area contributed by atoms with Crippen LogP contribution in [-0.4, -0.2) is 57.8 Å². The molecule has 0 radical (unpaired) electrons. The first-order chi connectivity index (χ1) is 15.2. The minimum absolute atomic E-state index is 0.0535. The van der Waals surface area contributed by atoms with E-state index in [0.29, 0.717) is 38.2 Å². The fourth-order valence-corrected chi connectivity index (χ4v) is 4.07. The highest BCUT2D eigenvalue weighted by Crippen LogP contribution is 2.23. The van der Waals surface area contributed by atoms with E-state index in [1.54, 1.807) is 35.6 Å². The molecule has 1 aliphatic rings. The SMILES string of the molecule is CCN1CCN(C(=O)c2ccncc2)C[C@@H](Cc2cccc(-c3cccnc3)c2)C1=O. The second kappa shape index (κ2) is 9.51. The number of rotatable bonds is 5. The van der Waals surface area contributed by atoms with Gasteiger partial charge in [-0.15, -0.1) is 0 Å². The zero-order valence-corrected chi connectivity index (χ0v) is 17.6. The highest BCUT2D eigenvalue weighted by Gasteiger charge is 2.32. The number of hydrogen-bond acceptors (Lipinski definition) is 4. The van der Waals surface area contributed by atoms with Gasteiger partial charge in [0.05, 0.1) is 5.92 Å². The molecule has 0 bridgehead atoms. The van der Waals surface area contributed by atoms with Gasteiger partial charge in [0.15, 0.2) is 0 Å². The first kappa shape index (κ1) is 20.7. The van der Waals surface area contributed by atoms with E-state index in [0.717, 1.165) is 16.7 Å². The number of hydrogen-bond donors (Lipinski definition) is 0. The number of amides is 2. The molecule has 1 saturated heterocycles. The van der Waals surface area contributed by atoms with Crippen LogP contribution in [0.2, 0.25) is 0 Å². The van der Waals surface area contributed by atoms with Gasteiger partial charge >= 0.3 is 0 Å². The molecular weight excluding hydrogens is 388 g/mol. The fourth-order valence-electron chi connectivity index (χ4n) is 4.07. The normalized spacial score (nSPS) is 16.8. The summed E-state index contributed by atoms with van der Waals surface area (Å²) in [6.45, 7) is 4.12. The maximum atomic E-state index is 13.2. The van der Waals surface area contributed by atoms with Gasteiger partial charge in [-0.2, -0.15) is 0 Å². The lowest BCUT2D eigenvalue weighted by Crippen LogP contribution is -2.37. The van der Waals surface area contributed by atoms with E-state index in [1.165, 1.54) is 0 Å². The lowest BCUT2D eigenvalue weighted by Gasteiger charge is -2.24. The Hall–Kier alpha value is -3.54. The monoisotopic (exact) mass is 414 g/mol. The molecule has 0 aliphatic carbocycles. The van der Waals surface area contributed by atoms with Crippen molar-refractivity contribution < 1.29 is 9.59 Å². The quantitative estimate of drug-likeness (QED) is 0.643. The summed E-state index contributed by atoms with van der Waals surface area (Å²) in [4.78, 5) is 38.1.